The molecular weight excluding hydrogens is 216 g/mol. The van der Waals surface area contributed by atoms with E-state index in [9.17, 15) is 8.42 Å². The van der Waals surface area contributed by atoms with E-state index in [1.165, 1.54) is 6.07 Å². The lowest BCUT2D eigenvalue weighted by molar-refractivity contribution is 0.249. The summed E-state index contributed by atoms with van der Waals surface area (Å²) in [6, 6.07) is 6.56. The first-order valence-electron chi connectivity index (χ1n) is 4.17. The van der Waals surface area contributed by atoms with Gasteiger partial charge in [0.1, 0.15) is 0 Å². The van der Waals surface area contributed by atoms with Crippen molar-refractivity contribution in [2.45, 2.75) is 24.8 Å². The van der Waals surface area contributed by atoms with E-state index in [1.54, 1.807) is 32.0 Å². The largest absolute Gasteiger partial charge is 0.297 e. The summed E-state index contributed by atoms with van der Waals surface area (Å²) in [7, 11) is -0.424. The summed E-state index contributed by atoms with van der Waals surface area (Å²) in [4.78, 5) is 0.158. The zero-order chi connectivity index (χ0) is 10.8. The van der Waals surface area contributed by atoms with Crippen molar-refractivity contribution >= 4 is 25.5 Å². The van der Waals surface area contributed by atoms with Crippen molar-refractivity contribution in [1.82, 2.24) is 0 Å². The van der Waals surface area contributed by atoms with Crippen LogP contribution in [-0.2, 0) is 14.3 Å². The van der Waals surface area contributed by atoms with Crippen LogP contribution in [0.1, 0.15) is 13.8 Å². The van der Waals surface area contributed by atoms with Gasteiger partial charge in [-0.25, -0.2) is 0 Å². The van der Waals surface area contributed by atoms with Gasteiger partial charge in [0, 0.05) is 0 Å². The second kappa shape index (κ2) is 4.25. The Morgan fingerprint density at radius 1 is 1.29 bits per heavy atom. The van der Waals surface area contributed by atoms with Crippen molar-refractivity contribution in [2.24, 2.45) is 0 Å². The van der Waals surface area contributed by atoms with Crippen molar-refractivity contribution in [3.63, 3.8) is 0 Å². The molecule has 14 heavy (non-hydrogen) atoms. The van der Waals surface area contributed by atoms with Crippen LogP contribution in [0.4, 0.5) is 0 Å². The van der Waals surface area contributed by atoms with Gasteiger partial charge in [-0.1, -0.05) is 18.2 Å². The molecule has 0 atom stereocenters. The first-order valence-corrected chi connectivity index (χ1v) is 6.08. The van der Waals surface area contributed by atoms with Gasteiger partial charge < -0.3 is 0 Å². The molecule has 1 aromatic rings. The number of benzene rings is 1. The molecule has 0 N–H and O–H groups in total. The molecule has 3 radical (unpaired) electrons. The van der Waals surface area contributed by atoms with Gasteiger partial charge in [-0.15, -0.1) is 0 Å². The van der Waals surface area contributed by atoms with E-state index in [0.29, 0.717) is 5.19 Å². The van der Waals surface area contributed by atoms with Crippen molar-refractivity contribution < 1.29 is 12.6 Å². The molecule has 0 aliphatic heterocycles. The molecule has 0 heterocycles. The third kappa shape index (κ3) is 2.67. The summed E-state index contributed by atoms with van der Waals surface area (Å²) in [6.45, 7) is 3.35. The molecule has 0 spiro atoms. The van der Waals surface area contributed by atoms with Crippen molar-refractivity contribution in [2.75, 3.05) is 0 Å². The SMILES string of the molecule is CC(C)OS(=O)(=O)c1ccccc1[Si]. The molecule has 0 unspecified atom stereocenters. The standard InChI is InChI=1S/C9H11O3SSi/c1-7(2)12-13(10,11)8-5-3-4-6-9(8)14/h3-7H,1-2H3. The van der Waals surface area contributed by atoms with E-state index < -0.39 is 10.1 Å². The van der Waals surface area contributed by atoms with Crippen LogP contribution in [-0.4, -0.2) is 24.8 Å². The van der Waals surface area contributed by atoms with Gasteiger partial charge in [-0.2, -0.15) is 8.42 Å². The summed E-state index contributed by atoms with van der Waals surface area (Å²) in [5.74, 6) is 0. The van der Waals surface area contributed by atoms with Crippen LogP contribution < -0.4 is 5.19 Å². The third-order valence-corrected chi connectivity index (χ3v) is 3.63. The Labute approximate surface area is 87.6 Å². The lowest BCUT2D eigenvalue weighted by atomic mass is 10.4. The minimum Gasteiger partial charge on any atom is -0.264 e. The molecule has 1 rings (SSSR count). The van der Waals surface area contributed by atoms with Gasteiger partial charge in [0.25, 0.3) is 10.1 Å². The fraction of sp³-hybridized carbons (Fsp3) is 0.333. The Morgan fingerprint density at radius 3 is 2.36 bits per heavy atom. The molecule has 75 valence electrons. The van der Waals surface area contributed by atoms with E-state index in [1.807, 2.05) is 0 Å². The second-order valence-corrected chi connectivity index (χ2v) is 5.17. The van der Waals surface area contributed by atoms with E-state index in [2.05, 4.69) is 10.2 Å². The predicted octanol–water partition coefficient (Wildman–Crippen LogP) is 0.594. The number of rotatable bonds is 3. The lowest BCUT2D eigenvalue weighted by Gasteiger charge is -2.09. The molecule has 3 nitrogen and oxygen atoms in total. The average molecular weight is 227 g/mol. The molecule has 0 aliphatic carbocycles. The average Bonchev–Trinajstić information content (AvgIpc) is 2.02. The van der Waals surface area contributed by atoms with Crippen molar-refractivity contribution in [3.8, 4) is 0 Å². The number of hydrogen-bond acceptors (Lipinski definition) is 3. The molecule has 0 saturated heterocycles. The van der Waals surface area contributed by atoms with Gasteiger partial charge in [-0.3, -0.25) is 4.18 Å². The molecule has 1 aromatic carbocycles. The van der Waals surface area contributed by atoms with Crippen LogP contribution in [0.3, 0.4) is 0 Å². The maximum atomic E-state index is 11.6. The Hall–Kier alpha value is -0.653. The molecular formula is C9H11O3SSi. The van der Waals surface area contributed by atoms with Crippen molar-refractivity contribution in [3.05, 3.63) is 24.3 Å². The summed E-state index contributed by atoms with van der Waals surface area (Å²) >= 11 is 0. The van der Waals surface area contributed by atoms with Crippen LogP contribution in [0.5, 0.6) is 0 Å². The predicted molar refractivity (Wildman–Crippen MR) is 55.2 cm³/mol. The van der Waals surface area contributed by atoms with Gasteiger partial charge in [0.2, 0.25) is 0 Å². The van der Waals surface area contributed by atoms with E-state index in [0.717, 1.165) is 0 Å². The molecule has 0 amide bonds. The maximum Gasteiger partial charge on any atom is 0.297 e. The van der Waals surface area contributed by atoms with Crippen LogP contribution >= 0.6 is 0 Å². The first-order chi connectivity index (χ1) is 6.43. The summed E-state index contributed by atoms with van der Waals surface area (Å²) in [5, 5.41) is 0.508. The molecule has 0 fully saturated rings. The Balaban J connectivity index is 3.11. The summed E-state index contributed by atoms with van der Waals surface area (Å²) in [6.07, 6.45) is -0.355. The Kier molecular flexibility index (Phi) is 3.46. The summed E-state index contributed by atoms with van der Waals surface area (Å²) in [5.41, 5.74) is 0. The second-order valence-electron chi connectivity index (χ2n) is 3.10. The fourth-order valence-corrected chi connectivity index (χ4v) is 2.74. The molecule has 0 saturated carbocycles. The van der Waals surface area contributed by atoms with Gasteiger partial charge in [0.15, 0.2) is 0 Å². The van der Waals surface area contributed by atoms with Crippen molar-refractivity contribution in [1.29, 1.82) is 0 Å². The van der Waals surface area contributed by atoms with E-state index >= 15 is 0 Å². The quantitative estimate of drug-likeness (QED) is 0.561. The highest BCUT2D eigenvalue weighted by Crippen LogP contribution is 2.10. The van der Waals surface area contributed by atoms with Crippen LogP contribution in [0.15, 0.2) is 29.2 Å². The Morgan fingerprint density at radius 2 is 1.86 bits per heavy atom. The number of hydrogen-bond donors (Lipinski definition) is 0. The van der Waals surface area contributed by atoms with Gasteiger partial charge in [-0.05, 0) is 25.1 Å². The minimum absolute atomic E-state index is 0.158. The maximum absolute atomic E-state index is 11.6. The zero-order valence-electron chi connectivity index (χ0n) is 8.02. The van der Waals surface area contributed by atoms with Gasteiger partial charge >= 0.3 is 0 Å². The highest BCUT2D eigenvalue weighted by molar-refractivity contribution is 7.87. The Bertz CT molecular complexity index is 412. The lowest BCUT2D eigenvalue weighted by Crippen LogP contribution is -2.20. The van der Waals surface area contributed by atoms with E-state index in [4.69, 9.17) is 4.18 Å². The summed E-state index contributed by atoms with van der Waals surface area (Å²) < 4.78 is 28.1. The van der Waals surface area contributed by atoms with Gasteiger partial charge in [0.05, 0.1) is 21.2 Å². The molecule has 5 heteroatoms. The highest BCUT2D eigenvalue weighted by Gasteiger charge is 2.18. The monoisotopic (exact) mass is 227 g/mol. The van der Waals surface area contributed by atoms with Crippen LogP contribution in [0.2, 0.25) is 0 Å². The third-order valence-electron chi connectivity index (χ3n) is 1.48. The smallest absolute Gasteiger partial charge is 0.264 e. The highest BCUT2D eigenvalue weighted by atomic mass is 32.2. The zero-order valence-corrected chi connectivity index (χ0v) is 9.84. The van der Waals surface area contributed by atoms with Crippen LogP contribution in [0.25, 0.3) is 0 Å². The molecule has 0 aromatic heterocycles. The first kappa shape index (κ1) is 11.4. The minimum atomic E-state index is -3.64. The normalized spacial score (nSPS) is 12.0. The van der Waals surface area contributed by atoms with E-state index in [-0.39, 0.29) is 11.0 Å². The van der Waals surface area contributed by atoms with Crippen LogP contribution in [0, 0.1) is 0 Å². The fourth-order valence-electron chi connectivity index (χ4n) is 0.990. The topological polar surface area (TPSA) is 43.4 Å². The molecule has 0 aliphatic rings. The molecule has 0 bridgehead atoms.